The van der Waals surface area contributed by atoms with Crippen LogP contribution >= 0.6 is 0 Å². The molecule has 108 valence electrons. The summed E-state index contributed by atoms with van der Waals surface area (Å²) in [6.45, 7) is 13.2. The van der Waals surface area contributed by atoms with Gasteiger partial charge in [-0.1, -0.05) is 64.5 Å². The highest BCUT2D eigenvalue weighted by atomic mass is 16.1. The van der Waals surface area contributed by atoms with Gasteiger partial charge in [0.2, 0.25) is 0 Å². The minimum Gasteiger partial charge on any atom is -0.303 e. The molecule has 0 atom stereocenters. The van der Waals surface area contributed by atoms with Gasteiger partial charge in [-0.2, -0.15) is 0 Å². The van der Waals surface area contributed by atoms with E-state index in [4.69, 9.17) is 0 Å². The number of rotatable bonds is 9. The van der Waals surface area contributed by atoms with Gasteiger partial charge in [-0.3, -0.25) is 0 Å². The minimum absolute atomic E-state index is 0.756. The Morgan fingerprint density at radius 1 is 0.833 bits per heavy atom. The third-order valence-electron chi connectivity index (χ3n) is 2.17. The van der Waals surface area contributed by atoms with Crippen molar-refractivity contribution in [3.05, 3.63) is 25.3 Å². The summed E-state index contributed by atoms with van der Waals surface area (Å²) in [4.78, 5) is 9.89. The summed E-state index contributed by atoms with van der Waals surface area (Å²) in [5.41, 5.74) is 0. The molecule has 0 aliphatic heterocycles. The predicted octanol–water partition coefficient (Wildman–Crippen LogP) is 6.10. The van der Waals surface area contributed by atoms with E-state index in [1.165, 1.54) is 38.5 Å². The van der Waals surface area contributed by atoms with Crippen molar-refractivity contribution in [3.63, 3.8) is 0 Å². The van der Waals surface area contributed by atoms with Gasteiger partial charge >= 0.3 is 0 Å². The second-order valence-corrected chi connectivity index (χ2v) is 4.21. The van der Waals surface area contributed by atoms with Crippen LogP contribution in [-0.4, -0.2) is 6.29 Å². The first-order valence-electron chi connectivity index (χ1n) is 7.36. The van der Waals surface area contributed by atoms with Crippen LogP contribution in [0, 0.1) is 0 Å². The van der Waals surface area contributed by atoms with E-state index in [1.54, 1.807) is 6.08 Å². The third-order valence-corrected chi connectivity index (χ3v) is 2.17. The molecule has 0 fully saturated rings. The lowest BCUT2D eigenvalue weighted by Crippen LogP contribution is -1.79. The summed E-state index contributed by atoms with van der Waals surface area (Å²) in [5, 5.41) is 0. The second-order valence-electron chi connectivity index (χ2n) is 4.21. The molecule has 0 bridgehead atoms. The van der Waals surface area contributed by atoms with Crippen molar-refractivity contribution >= 4 is 6.29 Å². The highest BCUT2D eigenvalue weighted by Crippen LogP contribution is 2.05. The zero-order valence-corrected chi connectivity index (χ0v) is 12.9. The van der Waals surface area contributed by atoms with Crippen LogP contribution < -0.4 is 0 Å². The fourth-order valence-corrected chi connectivity index (χ4v) is 1.21. The lowest BCUT2D eigenvalue weighted by Gasteiger charge is -1.95. The largest absolute Gasteiger partial charge is 0.303 e. The molecular formula is C17H34O. The molecule has 0 aliphatic rings. The van der Waals surface area contributed by atoms with Crippen LogP contribution in [0.25, 0.3) is 0 Å². The maximum absolute atomic E-state index is 9.89. The van der Waals surface area contributed by atoms with E-state index in [9.17, 15) is 4.79 Å². The smallest absolute Gasteiger partial charge is 0.119 e. The Morgan fingerprint density at radius 3 is 1.67 bits per heavy atom. The summed E-state index contributed by atoms with van der Waals surface area (Å²) >= 11 is 0. The van der Waals surface area contributed by atoms with Crippen molar-refractivity contribution in [2.45, 2.75) is 78.6 Å². The summed E-state index contributed by atoms with van der Waals surface area (Å²) in [7, 11) is 0. The van der Waals surface area contributed by atoms with E-state index in [0.29, 0.717) is 0 Å². The molecule has 0 heterocycles. The number of hydrogen-bond donors (Lipinski definition) is 0. The van der Waals surface area contributed by atoms with E-state index < -0.39 is 0 Å². The van der Waals surface area contributed by atoms with Crippen LogP contribution in [0.1, 0.15) is 78.6 Å². The maximum atomic E-state index is 9.89. The zero-order chi connectivity index (χ0) is 14.5. The number of carbonyl (C=O) groups is 1. The first kappa shape index (κ1) is 22.3. The summed E-state index contributed by atoms with van der Waals surface area (Å²) in [6.07, 6.45) is 15.5. The molecule has 0 amide bonds. The van der Waals surface area contributed by atoms with E-state index in [2.05, 4.69) is 27.0 Å². The molecule has 0 aliphatic carbocycles. The highest BCUT2D eigenvalue weighted by molar-refractivity contribution is 5.48. The summed E-state index contributed by atoms with van der Waals surface area (Å²) in [6, 6.07) is 0. The standard InChI is InChI=1S/C9H18O.C5H10.C3H6/c1-2-3-4-5-6-7-8-9-10;1-3-5-4-2;1-3-2/h9H,2-8H2,1H3;3H,1,4-5H2,2H3;3H,1H2,2H3. The zero-order valence-electron chi connectivity index (χ0n) is 12.9. The topological polar surface area (TPSA) is 17.1 Å². The molecule has 0 aromatic heterocycles. The molecule has 1 nitrogen and oxygen atoms in total. The monoisotopic (exact) mass is 254 g/mol. The Kier molecular flexibility index (Phi) is 37.0. The molecule has 0 aromatic rings. The lowest BCUT2D eigenvalue weighted by molar-refractivity contribution is -0.107. The molecule has 18 heavy (non-hydrogen) atoms. The second kappa shape index (κ2) is 29.8. The quantitative estimate of drug-likeness (QED) is 0.276. The van der Waals surface area contributed by atoms with Gasteiger partial charge in [0, 0.05) is 6.42 Å². The van der Waals surface area contributed by atoms with Crippen molar-refractivity contribution in [1.82, 2.24) is 0 Å². The molecule has 0 saturated carbocycles. The summed E-state index contributed by atoms with van der Waals surface area (Å²) in [5.74, 6) is 0. The van der Waals surface area contributed by atoms with Gasteiger partial charge in [-0.05, 0) is 19.8 Å². The van der Waals surface area contributed by atoms with Crippen LogP contribution in [-0.2, 0) is 4.79 Å². The summed E-state index contributed by atoms with van der Waals surface area (Å²) < 4.78 is 0. The molecule has 0 unspecified atom stereocenters. The molecule has 0 spiro atoms. The predicted molar refractivity (Wildman–Crippen MR) is 85.0 cm³/mol. The van der Waals surface area contributed by atoms with Gasteiger partial charge in [0.25, 0.3) is 0 Å². The normalized spacial score (nSPS) is 8.17. The fraction of sp³-hybridized carbons (Fsp3) is 0.706. The highest BCUT2D eigenvalue weighted by Gasteiger charge is 1.87. The average Bonchev–Trinajstić information content (AvgIpc) is 2.36. The lowest BCUT2D eigenvalue weighted by atomic mass is 10.1. The van der Waals surface area contributed by atoms with Crippen LogP contribution in [0.3, 0.4) is 0 Å². The van der Waals surface area contributed by atoms with Gasteiger partial charge < -0.3 is 4.79 Å². The van der Waals surface area contributed by atoms with Crippen LogP contribution in [0.5, 0.6) is 0 Å². The van der Waals surface area contributed by atoms with Gasteiger partial charge in [0.15, 0.2) is 0 Å². The van der Waals surface area contributed by atoms with Gasteiger partial charge in [0.05, 0.1) is 0 Å². The van der Waals surface area contributed by atoms with E-state index in [0.717, 1.165) is 25.5 Å². The van der Waals surface area contributed by atoms with Crippen molar-refractivity contribution in [2.24, 2.45) is 0 Å². The van der Waals surface area contributed by atoms with Crippen molar-refractivity contribution < 1.29 is 4.79 Å². The molecular weight excluding hydrogens is 220 g/mol. The first-order valence-corrected chi connectivity index (χ1v) is 7.36. The van der Waals surface area contributed by atoms with Gasteiger partial charge in [-0.15, -0.1) is 13.2 Å². The first-order chi connectivity index (χ1) is 8.74. The van der Waals surface area contributed by atoms with Crippen molar-refractivity contribution in [3.8, 4) is 0 Å². The third kappa shape index (κ3) is 45.7. The van der Waals surface area contributed by atoms with Gasteiger partial charge in [-0.25, -0.2) is 0 Å². The minimum atomic E-state index is 0.756. The maximum Gasteiger partial charge on any atom is 0.119 e. The number of allylic oxidation sites excluding steroid dienone is 2. The van der Waals surface area contributed by atoms with Gasteiger partial charge in [0.1, 0.15) is 6.29 Å². The Balaban J connectivity index is -0.000000235. The number of unbranched alkanes of at least 4 members (excludes halogenated alkanes) is 7. The van der Waals surface area contributed by atoms with Crippen LogP contribution in [0.15, 0.2) is 25.3 Å². The van der Waals surface area contributed by atoms with E-state index >= 15 is 0 Å². The SMILES string of the molecule is C=CC.C=CCCC.CCCCCCCCC=O. The average molecular weight is 254 g/mol. The molecule has 0 radical (unpaired) electrons. The fourth-order valence-electron chi connectivity index (χ4n) is 1.21. The Labute approximate surface area is 115 Å². The van der Waals surface area contributed by atoms with E-state index in [-0.39, 0.29) is 0 Å². The Morgan fingerprint density at radius 2 is 1.33 bits per heavy atom. The number of aldehydes is 1. The molecule has 1 heteroatoms. The van der Waals surface area contributed by atoms with Crippen LogP contribution in [0.2, 0.25) is 0 Å². The number of carbonyl (C=O) groups excluding carboxylic acids is 1. The van der Waals surface area contributed by atoms with E-state index in [1.807, 2.05) is 13.0 Å². The molecule has 0 aromatic carbocycles. The number of hydrogen-bond acceptors (Lipinski definition) is 1. The molecule has 0 saturated heterocycles. The van der Waals surface area contributed by atoms with Crippen LogP contribution in [0.4, 0.5) is 0 Å². The molecule has 0 rings (SSSR count). The Hall–Kier alpha value is -0.850. The van der Waals surface area contributed by atoms with Crippen molar-refractivity contribution in [2.75, 3.05) is 0 Å². The van der Waals surface area contributed by atoms with Crippen molar-refractivity contribution in [1.29, 1.82) is 0 Å². The molecule has 0 N–H and O–H groups in total. The Bertz CT molecular complexity index is 150.